The molecule has 0 spiro atoms. The van der Waals surface area contributed by atoms with Crippen molar-refractivity contribution in [1.82, 2.24) is 0 Å². The Morgan fingerprint density at radius 3 is 2.45 bits per heavy atom. The lowest BCUT2D eigenvalue weighted by Crippen LogP contribution is -2.30. The van der Waals surface area contributed by atoms with Crippen molar-refractivity contribution in [3.05, 3.63) is 65.5 Å². The van der Waals surface area contributed by atoms with Crippen LogP contribution in [0.2, 0.25) is 0 Å². The molecule has 0 aliphatic carbocycles. The summed E-state index contributed by atoms with van der Waals surface area (Å²) >= 11 is 0. The van der Waals surface area contributed by atoms with Gasteiger partial charge in [0.25, 0.3) is 0 Å². The van der Waals surface area contributed by atoms with Crippen molar-refractivity contribution in [2.24, 2.45) is 5.73 Å². The Bertz CT molecular complexity index is 572. The highest BCUT2D eigenvalue weighted by Gasteiger charge is 2.22. The van der Waals surface area contributed by atoms with Gasteiger partial charge in [-0.2, -0.15) is 0 Å². The van der Waals surface area contributed by atoms with E-state index in [1.165, 1.54) is 6.07 Å². The van der Waals surface area contributed by atoms with E-state index in [1.54, 1.807) is 43.3 Å². The third-order valence-corrected chi connectivity index (χ3v) is 3.09. The van der Waals surface area contributed by atoms with Crippen molar-refractivity contribution in [3.8, 4) is 5.75 Å². The maximum Gasteiger partial charge on any atom is 0.141 e. The largest absolute Gasteiger partial charge is 0.484 e. The van der Waals surface area contributed by atoms with Gasteiger partial charge in [0, 0.05) is 17.2 Å². The Hall–Kier alpha value is -1.91. The Morgan fingerprint density at radius 1 is 1.15 bits per heavy atom. The van der Waals surface area contributed by atoms with E-state index in [0.29, 0.717) is 16.9 Å². The summed E-state index contributed by atoms with van der Waals surface area (Å²) in [5.74, 6) is 0.164. The summed E-state index contributed by atoms with van der Waals surface area (Å²) in [6.07, 6.45) is -0.608. The standard InChI is InChI=1S/C16H18FNO2/c1-11(18)16(13-7-3-4-8-14(13)17)20-15-9-5-2-6-12(15)10-19/h2-9,11,16,19H,10,18H2,1H3. The van der Waals surface area contributed by atoms with Gasteiger partial charge in [0.05, 0.1) is 6.61 Å². The van der Waals surface area contributed by atoms with Gasteiger partial charge in [0.2, 0.25) is 0 Å². The fourth-order valence-corrected chi connectivity index (χ4v) is 2.05. The van der Waals surface area contributed by atoms with Crippen molar-refractivity contribution in [1.29, 1.82) is 0 Å². The summed E-state index contributed by atoms with van der Waals surface area (Å²) in [7, 11) is 0. The Morgan fingerprint density at radius 2 is 1.80 bits per heavy atom. The van der Waals surface area contributed by atoms with Crippen LogP contribution in [0.5, 0.6) is 5.75 Å². The van der Waals surface area contributed by atoms with Gasteiger partial charge in [-0.05, 0) is 19.1 Å². The minimum Gasteiger partial charge on any atom is -0.484 e. The SMILES string of the molecule is CC(N)C(Oc1ccccc1CO)c1ccccc1F. The van der Waals surface area contributed by atoms with Crippen LogP contribution in [0.4, 0.5) is 4.39 Å². The van der Waals surface area contributed by atoms with Crippen molar-refractivity contribution in [2.75, 3.05) is 0 Å². The first-order chi connectivity index (χ1) is 9.63. The van der Waals surface area contributed by atoms with Gasteiger partial charge < -0.3 is 15.6 Å². The van der Waals surface area contributed by atoms with Crippen LogP contribution in [0.3, 0.4) is 0 Å². The zero-order valence-electron chi connectivity index (χ0n) is 11.3. The molecule has 0 saturated heterocycles. The van der Waals surface area contributed by atoms with E-state index >= 15 is 0 Å². The zero-order valence-corrected chi connectivity index (χ0v) is 11.3. The fraction of sp³-hybridized carbons (Fsp3) is 0.250. The normalized spacial score (nSPS) is 13.8. The molecule has 2 aromatic rings. The van der Waals surface area contributed by atoms with Crippen LogP contribution in [0.25, 0.3) is 0 Å². The summed E-state index contributed by atoms with van der Waals surface area (Å²) in [5.41, 5.74) is 6.98. The molecule has 4 heteroatoms. The van der Waals surface area contributed by atoms with Crippen LogP contribution < -0.4 is 10.5 Å². The first-order valence-electron chi connectivity index (χ1n) is 6.49. The van der Waals surface area contributed by atoms with E-state index in [9.17, 15) is 9.50 Å². The van der Waals surface area contributed by atoms with E-state index < -0.39 is 12.1 Å². The molecule has 20 heavy (non-hydrogen) atoms. The Kier molecular flexibility index (Phi) is 4.71. The summed E-state index contributed by atoms with van der Waals surface area (Å²) < 4.78 is 19.7. The number of halogens is 1. The molecule has 0 bridgehead atoms. The molecule has 2 rings (SSSR count). The van der Waals surface area contributed by atoms with Crippen molar-refractivity contribution < 1.29 is 14.2 Å². The van der Waals surface area contributed by atoms with Crippen LogP contribution in [-0.2, 0) is 6.61 Å². The van der Waals surface area contributed by atoms with E-state index in [2.05, 4.69) is 0 Å². The van der Waals surface area contributed by atoms with Crippen molar-refractivity contribution in [3.63, 3.8) is 0 Å². The van der Waals surface area contributed by atoms with E-state index in [-0.39, 0.29) is 12.4 Å². The van der Waals surface area contributed by atoms with E-state index in [4.69, 9.17) is 10.5 Å². The number of benzene rings is 2. The molecule has 3 nitrogen and oxygen atoms in total. The molecule has 0 aliphatic heterocycles. The molecule has 2 unspecified atom stereocenters. The average Bonchev–Trinajstić information content (AvgIpc) is 2.46. The predicted octanol–water partition coefficient (Wildman–Crippen LogP) is 2.79. The topological polar surface area (TPSA) is 55.5 Å². The Labute approximate surface area is 117 Å². The molecule has 0 heterocycles. The highest BCUT2D eigenvalue weighted by molar-refractivity contribution is 5.34. The predicted molar refractivity (Wildman–Crippen MR) is 75.8 cm³/mol. The third kappa shape index (κ3) is 3.15. The van der Waals surface area contributed by atoms with Crippen LogP contribution in [0.15, 0.2) is 48.5 Å². The number of hydrogen-bond acceptors (Lipinski definition) is 3. The van der Waals surface area contributed by atoms with Crippen LogP contribution in [0, 0.1) is 5.82 Å². The van der Waals surface area contributed by atoms with Gasteiger partial charge in [-0.25, -0.2) is 4.39 Å². The maximum atomic E-state index is 13.9. The molecule has 0 fully saturated rings. The fourth-order valence-electron chi connectivity index (χ4n) is 2.05. The van der Waals surface area contributed by atoms with Crippen LogP contribution in [0.1, 0.15) is 24.2 Å². The minimum atomic E-state index is -0.608. The molecule has 106 valence electrons. The number of aliphatic hydroxyl groups excluding tert-OH is 1. The smallest absolute Gasteiger partial charge is 0.141 e. The van der Waals surface area contributed by atoms with Gasteiger partial charge in [-0.15, -0.1) is 0 Å². The summed E-state index contributed by atoms with van der Waals surface area (Å²) in [6, 6.07) is 13.1. The minimum absolute atomic E-state index is 0.140. The molecular formula is C16H18FNO2. The number of aliphatic hydroxyl groups is 1. The number of rotatable bonds is 5. The number of hydrogen-bond donors (Lipinski definition) is 2. The highest BCUT2D eigenvalue weighted by Crippen LogP contribution is 2.28. The summed E-state index contributed by atoms with van der Waals surface area (Å²) in [6.45, 7) is 1.62. The maximum absolute atomic E-state index is 13.9. The Balaban J connectivity index is 2.34. The number of ether oxygens (including phenoxy) is 1. The average molecular weight is 275 g/mol. The zero-order chi connectivity index (χ0) is 14.5. The molecular weight excluding hydrogens is 257 g/mol. The second-order valence-corrected chi connectivity index (χ2v) is 4.68. The number of nitrogens with two attached hydrogens (primary N) is 1. The summed E-state index contributed by atoms with van der Waals surface area (Å²) in [4.78, 5) is 0. The molecule has 3 N–H and O–H groups in total. The molecule has 0 saturated carbocycles. The van der Waals surface area contributed by atoms with Crippen LogP contribution >= 0.6 is 0 Å². The molecule has 2 aromatic carbocycles. The van der Waals surface area contributed by atoms with Crippen LogP contribution in [-0.4, -0.2) is 11.1 Å². The lowest BCUT2D eigenvalue weighted by Gasteiger charge is -2.24. The van der Waals surface area contributed by atoms with E-state index in [1.807, 2.05) is 6.07 Å². The molecule has 2 atom stereocenters. The summed E-state index contributed by atoms with van der Waals surface area (Å²) in [5, 5.41) is 9.31. The van der Waals surface area contributed by atoms with Crippen molar-refractivity contribution >= 4 is 0 Å². The molecule has 0 aromatic heterocycles. The monoisotopic (exact) mass is 275 g/mol. The second-order valence-electron chi connectivity index (χ2n) is 4.68. The molecule has 0 aliphatic rings. The first kappa shape index (κ1) is 14.5. The lowest BCUT2D eigenvalue weighted by molar-refractivity contribution is 0.169. The van der Waals surface area contributed by atoms with E-state index in [0.717, 1.165) is 0 Å². The first-order valence-corrected chi connectivity index (χ1v) is 6.49. The van der Waals surface area contributed by atoms with Gasteiger partial charge >= 0.3 is 0 Å². The van der Waals surface area contributed by atoms with Gasteiger partial charge in [-0.1, -0.05) is 36.4 Å². The van der Waals surface area contributed by atoms with Crippen molar-refractivity contribution in [2.45, 2.75) is 25.7 Å². The van der Waals surface area contributed by atoms with Gasteiger partial charge in [0.15, 0.2) is 0 Å². The lowest BCUT2D eigenvalue weighted by atomic mass is 10.0. The van der Waals surface area contributed by atoms with Gasteiger partial charge in [-0.3, -0.25) is 0 Å². The highest BCUT2D eigenvalue weighted by atomic mass is 19.1. The second kappa shape index (κ2) is 6.50. The quantitative estimate of drug-likeness (QED) is 0.882. The molecule has 0 amide bonds. The third-order valence-electron chi connectivity index (χ3n) is 3.09. The molecule has 0 radical (unpaired) electrons. The number of para-hydroxylation sites is 1. The van der Waals surface area contributed by atoms with Gasteiger partial charge in [0.1, 0.15) is 17.7 Å².